The van der Waals surface area contributed by atoms with Crippen LogP contribution in [0.5, 0.6) is 0 Å². The van der Waals surface area contributed by atoms with Gasteiger partial charge in [0.25, 0.3) is 0 Å². The second kappa shape index (κ2) is 4.04. The number of nitrogens with two attached hydrogens (primary N) is 1. The molecule has 1 aromatic heterocycles. The maximum atomic E-state index is 10.9. The Bertz CT molecular complexity index is 294. The van der Waals surface area contributed by atoms with E-state index in [1.807, 2.05) is 26.1 Å². The average Bonchev–Trinajstić information content (AvgIpc) is 2.51. The predicted molar refractivity (Wildman–Crippen MR) is 48.6 cm³/mol. The van der Waals surface area contributed by atoms with Crippen LogP contribution in [0.15, 0.2) is 12.3 Å². The Balaban J connectivity index is 2.58. The van der Waals surface area contributed by atoms with E-state index in [-0.39, 0.29) is 11.9 Å². The minimum atomic E-state index is -0.180. The highest BCUT2D eigenvalue weighted by atomic mass is 16.2. The van der Waals surface area contributed by atoms with E-state index >= 15 is 0 Å². The lowest BCUT2D eigenvalue weighted by Crippen LogP contribution is -2.31. The molecule has 0 saturated heterocycles. The third kappa shape index (κ3) is 2.55. The maximum Gasteiger partial charge on any atom is 0.236 e. The van der Waals surface area contributed by atoms with Crippen molar-refractivity contribution in [3.8, 4) is 0 Å². The number of nitrogens with zero attached hydrogens (tertiary/aromatic N) is 2. The van der Waals surface area contributed by atoms with Crippen molar-refractivity contribution in [2.24, 2.45) is 5.84 Å². The number of hydrogen-bond donors (Lipinski definition) is 2. The Labute approximate surface area is 76.9 Å². The third-order valence-corrected chi connectivity index (χ3v) is 1.84. The minimum absolute atomic E-state index is 0.0391. The molecule has 1 atom stereocenters. The number of carbonyl (C=O) groups is 1. The van der Waals surface area contributed by atoms with Crippen LogP contribution in [0.1, 0.15) is 25.1 Å². The van der Waals surface area contributed by atoms with Gasteiger partial charge in [0, 0.05) is 6.20 Å². The number of carbonyl (C=O) groups excluding carboxylic acids is 1. The largest absolute Gasteiger partial charge is 0.294 e. The van der Waals surface area contributed by atoms with Gasteiger partial charge in [0.05, 0.1) is 18.2 Å². The number of hydrogen-bond acceptors (Lipinski definition) is 3. The molecule has 0 spiro atoms. The molecular weight excluding hydrogens is 168 g/mol. The molecule has 13 heavy (non-hydrogen) atoms. The first kappa shape index (κ1) is 9.73. The molecule has 5 nitrogen and oxygen atoms in total. The molecule has 1 unspecified atom stereocenters. The lowest BCUT2D eigenvalue weighted by molar-refractivity contribution is -0.121. The quantitative estimate of drug-likeness (QED) is 0.396. The van der Waals surface area contributed by atoms with Crippen molar-refractivity contribution < 1.29 is 4.79 Å². The minimum Gasteiger partial charge on any atom is -0.294 e. The summed E-state index contributed by atoms with van der Waals surface area (Å²) in [6.45, 7) is 3.83. The van der Waals surface area contributed by atoms with Gasteiger partial charge in [0.2, 0.25) is 5.91 Å². The number of rotatable bonds is 3. The van der Waals surface area contributed by atoms with Crippen LogP contribution < -0.4 is 11.3 Å². The van der Waals surface area contributed by atoms with E-state index in [9.17, 15) is 4.79 Å². The highest BCUT2D eigenvalue weighted by Crippen LogP contribution is 2.09. The Hall–Kier alpha value is -1.36. The zero-order valence-corrected chi connectivity index (χ0v) is 7.82. The van der Waals surface area contributed by atoms with Gasteiger partial charge in [-0.3, -0.25) is 14.9 Å². The van der Waals surface area contributed by atoms with Gasteiger partial charge in [-0.15, -0.1) is 0 Å². The summed E-state index contributed by atoms with van der Waals surface area (Å²) in [5.74, 6) is 4.79. The molecule has 0 bridgehead atoms. The Kier molecular flexibility index (Phi) is 3.02. The summed E-state index contributed by atoms with van der Waals surface area (Å²) in [5.41, 5.74) is 3.04. The Morgan fingerprint density at radius 2 is 2.54 bits per heavy atom. The molecular formula is C8H14N4O. The van der Waals surface area contributed by atoms with Gasteiger partial charge >= 0.3 is 0 Å². The standard InChI is InChI=1S/C8H14N4O/c1-6-3-4-12(11-6)7(2)5-8(13)10-9/h3-4,7H,5,9H2,1-2H3,(H,10,13). The van der Waals surface area contributed by atoms with E-state index in [0.717, 1.165) is 5.69 Å². The first-order chi connectivity index (χ1) is 6.13. The molecule has 72 valence electrons. The Morgan fingerprint density at radius 3 is 3.00 bits per heavy atom. The normalized spacial score (nSPS) is 12.5. The molecule has 1 heterocycles. The molecule has 0 aliphatic heterocycles. The van der Waals surface area contributed by atoms with Crippen LogP contribution in [0.3, 0.4) is 0 Å². The van der Waals surface area contributed by atoms with E-state index in [4.69, 9.17) is 5.84 Å². The second-order valence-electron chi connectivity index (χ2n) is 3.06. The van der Waals surface area contributed by atoms with Crippen molar-refractivity contribution >= 4 is 5.91 Å². The van der Waals surface area contributed by atoms with Crippen molar-refractivity contribution in [1.29, 1.82) is 0 Å². The summed E-state index contributed by atoms with van der Waals surface area (Å²) < 4.78 is 1.75. The number of nitrogens with one attached hydrogen (secondary N) is 1. The summed E-state index contributed by atoms with van der Waals surface area (Å²) >= 11 is 0. The first-order valence-corrected chi connectivity index (χ1v) is 4.14. The zero-order valence-electron chi connectivity index (χ0n) is 7.82. The molecule has 3 N–H and O–H groups in total. The molecule has 0 aliphatic rings. The fourth-order valence-electron chi connectivity index (χ4n) is 1.10. The monoisotopic (exact) mass is 182 g/mol. The van der Waals surface area contributed by atoms with Crippen molar-refractivity contribution in [1.82, 2.24) is 15.2 Å². The number of amides is 1. The SMILES string of the molecule is Cc1ccn(C(C)CC(=O)NN)n1. The lowest BCUT2D eigenvalue weighted by atomic mass is 10.2. The van der Waals surface area contributed by atoms with E-state index in [2.05, 4.69) is 10.5 Å². The Morgan fingerprint density at radius 1 is 1.85 bits per heavy atom. The highest BCUT2D eigenvalue weighted by Gasteiger charge is 2.09. The molecule has 1 amide bonds. The molecule has 5 heteroatoms. The summed E-state index contributed by atoms with van der Waals surface area (Å²) in [5, 5.41) is 4.19. The lowest BCUT2D eigenvalue weighted by Gasteiger charge is -2.10. The second-order valence-corrected chi connectivity index (χ2v) is 3.06. The van der Waals surface area contributed by atoms with Crippen LogP contribution in [0.4, 0.5) is 0 Å². The van der Waals surface area contributed by atoms with E-state index < -0.39 is 0 Å². The summed E-state index contributed by atoms with van der Waals surface area (Å²) in [6, 6.07) is 1.94. The zero-order chi connectivity index (χ0) is 9.84. The van der Waals surface area contributed by atoms with Gasteiger partial charge in [-0.05, 0) is 19.9 Å². The summed E-state index contributed by atoms with van der Waals surface area (Å²) in [6.07, 6.45) is 2.20. The van der Waals surface area contributed by atoms with Crippen LogP contribution in [-0.2, 0) is 4.79 Å². The summed E-state index contributed by atoms with van der Waals surface area (Å²) in [4.78, 5) is 10.9. The smallest absolute Gasteiger partial charge is 0.236 e. The van der Waals surface area contributed by atoms with Gasteiger partial charge < -0.3 is 0 Å². The van der Waals surface area contributed by atoms with Crippen LogP contribution >= 0.6 is 0 Å². The van der Waals surface area contributed by atoms with Gasteiger partial charge in [-0.2, -0.15) is 5.10 Å². The fraction of sp³-hybridized carbons (Fsp3) is 0.500. The van der Waals surface area contributed by atoms with Gasteiger partial charge in [0.1, 0.15) is 0 Å². The maximum absolute atomic E-state index is 10.9. The van der Waals surface area contributed by atoms with Crippen molar-refractivity contribution in [2.75, 3.05) is 0 Å². The highest BCUT2D eigenvalue weighted by molar-refractivity contribution is 5.75. The topological polar surface area (TPSA) is 72.9 Å². The van der Waals surface area contributed by atoms with Crippen LogP contribution in [0, 0.1) is 6.92 Å². The number of aryl methyl sites for hydroxylation is 1. The predicted octanol–water partition coefficient (Wildman–Crippen LogP) is 0.133. The van der Waals surface area contributed by atoms with Crippen molar-refractivity contribution in [3.63, 3.8) is 0 Å². The number of hydrazine groups is 1. The molecule has 0 aromatic carbocycles. The van der Waals surface area contributed by atoms with E-state index in [0.29, 0.717) is 6.42 Å². The van der Waals surface area contributed by atoms with Gasteiger partial charge in [0.15, 0.2) is 0 Å². The fourth-order valence-corrected chi connectivity index (χ4v) is 1.10. The molecule has 0 aliphatic carbocycles. The van der Waals surface area contributed by atoms with Crippen LogP contribution in [0.25, 0.3) is 0 Å². The van der Waals surface area contributed by atoms with E-state index in [1.54, 1.807) is 4.68 Å². The number of aromatic nitrogens is 2. The van der Waals surface area contributed by atoms with Crippen LogP contribution in [0.2, 0.25) is 0 Å². The average molecular weight is 182 g/mol. The summed E-state index contributed by atoms with van der Waals surface area (Å²) in [7, 11) is 0. The molecule has 0 radical (unpaired) electrons. The van der Waals surface area contributed by atoms with Gasteiger partial charge in [-0.1, -0.05) is 0 Å². The molecule has 1 rings (SSSR count). The molecule has 0 saturated carbocycles. The van der Waals surface area contributed by atoms with Crippen molar-refractivity contribution in [2.45, 2.75) is 26.3 Å². The van der Waals surface area contributed by atoms with Gasteiger partial charge in [-0.25, -0.2) is 5.84 Å². The first-order valence-electron chi connectivity index (χ1n) is 4.14. The van der Waals surface area contributed by atoms with Crippen molar-refractivity contribution in [3.05, 3.63) is 18.0 Å². The van der Waals surface area contributed by atoms with Crippen LogP contribution in [-0.4, -0.2) is 15.7 Å². The molecule has 1 aromatic rings. The molecule has 0 fully saturated rings. The third-order valence-electron chi connectivity index (χ3n) is 1.84. The van der Waals surface area contributed by atoms with E-state index in [1.165, 1.54) is 0 Å².